The zero-order chi connectivity index (χ0) is 30.9. The van der Waals surface area contributed by atoms with Gasteiger partial charge in [-0.25, -0.2) is 4.79 Å². The van der Waals surface area contributed by atoms with Crippen LogP contribution in [0.15, 0.2) is 72.3 Å². The van der Waals surface area contributed by atoms with E-state index in [1.807, 2.05) is 30.3 Å². The Kier molecular flexibility index (Phi) is 9.15. The molecule has 234 valence electrons. The standard InChI is InChI=1S/C42H54O2/c1-29(2)13-12-14-30(3)36-21-22-37-39-33(20-19-31-15-8-6-9-16-31)27-34-28-35(44-40(43)32-17-10-7-11-18-32)23-25-41(34,4)38(39)24-26-42(36,37)5/h6-11,15-18,27,29-30,34-39H,12-14,21-26,28H2,1-5H3/t30-,34-,35-,36+,37-,38+,39+,41-,42+/m0/s1. The van der Waals surface area contributed by atoms with Crippen LogP contribution in [0.25, 0.3) is 0 Å². The van der Waals surface area contributed by atoms with Gasteiger partial charge in [0.25, 0.3) is 0 Å². The fraction of sp³-hybridized carbons (Fsp3) is 0.595. The van der Waals surface area contributed by atoms with Crippen molar-refractivity contribution in [2.45, 2.75) is 105 Å². The average Bonchev–Trinajstić information content (AvgIpc) is 3.38. The summed E-state index contributed by atoms with van der Waals surface area (Å²) in [7, 11) is 0. The minimum absolute atomic E-state index is 0.0340. The van der Waals surface area contributed by atoms with Gasteiger partial charge in [-0.15, -0.1) is 0 Å². The molecule has 2 aromatic carbocycles. The molecule has 0 unspecified atom stereocenters. The van der Waals surface area contributed by atoms with E-state index in [0.29, 0.717) is 34.7 Å². The van der Waals surface area contributed by atoms with Crippen LogP contribution >= 0.6 is 0 Å². The van der Waals surface area contributed by atoms with E-state index in [4.69, 9.17) is 4.74 Å². The van der Waals surface area contributed by atoms with Crippen LogP contribution in [0.1, 0.15) is 115 Å². The van der Waals surface area contributed by atoms with E-state index in [2.05, 4.69) is 82.9 Å². The topological polar surface area (TPSA) is 26.3 Å². The fourth-order valence-corrected chi connectivity index (χ4v) is 10.4. The first-order chi connectivity index (χ1) is 21.2. The molecule has 0 amide bonds. The molecular formula is C42H54O2. The van der Waals surface area contributed by atoms with Gasteiger partial charge in [0.1, 0.15) is 6.10 Å². The quantitative estimate of drug-likeness (QED) is 0.237. The molecule has 2 heteroatoms. The molecule has 0 spiro atoms. The van der Waals surface area contributed by atoms with Crippen LogP contribution in [-0.2, 0) is 4.74 Å². The molecule has 0 bridgehead atoms. The molecular weight excluding hydrogens is 536 g/mol. The molecule has 0 radical (unpaired) electrons. The molecule has 3 fully saturated rings. The Hall–Kier alpha value is -2.79. The lowest BCUT2D eigenvalue weighted by molar-refractivity contribution is -0.0869. The summed E-state index contributed by atoms with van der Waals surface area (Å²) < 4.78 is 6.14. The van der Waals surface area contributed by atoms with Gasteiger partial charge in [0, 0.05) is 11.1 Å². The van der Waals surface area contributed by atoms with E-state index < -0.39 is 0 Å². The Morgan fingerprint density at radius 1 is 0.841 bits per heavy atom. The summed E-state index contributed by atoms with van der Waals surface area (Å²) in [5.74, 6) is 11.9. The summed E-state index contributed by atoms with van der Waals surface area (Å²) in [5, 5.41) is 0. The predicted octanol–water partition coefficient (Wildman–Crippen LogP) is 10.5. The van der Waals surface area contributed by atoms with Crippen molar-refractivity contribution >= 4 is 5.97 Å². The Labute approximate surface area is 267 Å². The second-order valence-corrected chi connectivity index (χ2v) is 15.8. The first-order valence-corrected chi connectivity index (χ1v) is 17.7. The maximum Gasteiger partial charge on any atom is 0.338 e. The molecule has 9 atom stereocenters. The van der Waals surface area contributed by atoms with Crippen LogP contribution in [0.2, 0.25) is 0 Å². The molecule has 44 heavy (non-hydrogen) atoms. The van der Waals surface area contributed by atoms with Gasteiger partial charge in [0.2, 0.25) is 0 Å². The summed E-state index contributed by atoms with van der Waals surface area (Å²) in [5.41, 5.74) is 3.77. The van der Waals surface area contributed by atoms with Crippen LogP contribution in [0, 0.1) is 64.1 Å². The highest BCUT2D eigenvalue weighted by atomic mass is 16.5. The highest BCUT2D eigenvalue weighted by Gasteiger charge is 2.61. The van der Waals surface area contributed by atoms with E-state index in [1.165, 1.54) is 50.5 Å². The summed E-state index contributed by atoms with van der Waals surface area (Å²) in [4.78, 5) is 13.0. The second-order valence-electron chi connectivity index (χ2n) is 15.8. The third-order valence-electron chi connectivity index (χ3n) is 12.8. The molecule has 4 aliphatic carbocycles. The lowest BCUT2D eigenvalue weighted by Crippen LogP contribution is -2.54. The molecule has 3 saturated carbocycles. The van der Waals surface area contributed by atoms with Crippen molar-refractivity contribution in [2.24, 2.45) is 52.3 Å². The molecule has 0 aromatic heterocycles. The summed E-state index contributed by atoms with van der Waals surface area (Å²) in [6.45, 7) is 12.5. The van der Waals surface area contributed by atoms with Gasteiger partial charge in [-0.3, -0.25) is 0 Å². The maximum absolute atomic E-state index is 13.0. The van der Waals surface area contributed by atoms with Gasteiger partial charge in [0.05, 0.1) is 5.56 Å². The number of hydrogen-bond donors (Lipinski definition) is 0. The van der Waals surface area contributed by atoms with Gasteiger partial charge in [-0.1, -0.05) is 108 Å². The summed E-state index contributed by atoms with van der Waals surface area (Å²) in [6.07, 6.45) is 15.0. The molecule has 2 aromatic rings. The Morgan fingerprint density at radius 2 is 1.52 bits per heavy atom. The van der Waals surface area contributed by atoms with E-state index in [1.54, 1.807) is 0 Å². The molecule has 0 saturated heterocycles. The minimum atomic E-state index is -0.186. The molecule has 0 aliphatic heterocycles. The van der Waals surface area contributed by atoms with Crippen molar-refractivity contribution in [2.75, 3.05) is 0 Å². The minimum Gasteiger partial charge on any atom is -0.459 e. The van der Waals surface area contributed by atoms with Gasteiger partial charge >= 0.3 is 5.97 Å². The monoisotopic (exact) mass is 590 g/mol. The van der Waals surface area contributed by atoms with Crippen molar-refractivity contribution in [1.82, 2.24) is 0 Å². The number of carbonyl (C=O) groups is 1. The predicted molar refractivity (Wildman–Crippen MR) is 181 cm³/mol. The third-order valence-corrected chi connectivity index (χ3v) is 12.8. The van der Waals surface area contributed by atoms with Crippen molar-refractivity contribution in [3.8, 4) is 11.8 Å². The number of ether oxygens (including phenoxy) is 1. The zero-order valence-corrected chi connectivity index (χ0v) is 27.9. The van der Waals surface area contributed by atoms with Gasteiger partial charge in [0.15, 0.2) is 0 Å². The first kappa shape index (κ1) is 31.2. The van der Waals surface area contributed by atoms with Crippen LogP contribution in [0.5, 0.6) is 0 Å². The van der Waals surface area contributed by atoms with Gasteiger partial charge in [-0.05, 0) is 121 Å². The summed E-state index contributed by atoms with van der Waals surface area (Å²) >= 11 is 0. The lowest BCUT2D eigenvalue weighted by atomic mass is 9.44. The summed E-state index contributed by atoms with van der Waals surface area (Å²) in [6, 6.07) is 20.0. The fourth-order valence-electron chi connectivity index (χ4n) is 10.4. The van der Waals surface area contributed by atoms with Crippen molar-refractivity contribution in [1.29, 1.82) is 0 Å². The van der Waals surface area contributed by atoms with Crippen LogP contribution in [0.4, 0.5) is 0 Å². The largest absolute Gasteiger partial charge is 0.459 e. The maximum atomic E-state index is 13.0. The average molecular weight is 591 g/mol. The van der Waals surface area contributed by atoms with Crippen LogP contribution in [-0.4, -0.2) is 12.1 Å². The number of hydrogen-bond acceptors (Lipinski definition) is 2. The highest BCUT2D eigenvalue weighted by Crippen LogP contribution is 2.68. The van der Waals surface area contributed by atoms with Gasteiger partial charge < -0.3 is 4.74 Å². The first-order valence-electron chi connectivity index (χ1n) is 17.7. The number of rotatable bonds is 7. The molecule has 0 N–H and O–H groups in total. The third kappa shape index (κ3) is 6.06. The van der Waals surface area contributed by atoms with Crippen molar-refractivity contribution in [3.05, 3.63) is 83.4 Å². The van der Waals surface area contributed by atoms with Crippen LogP contribution in [0.3, 0.4) is 0 Å². The Bertz CT molecular complexity index is 1380. The van der Waals surface area contributed by atoms with E-state index in [-0.39, 0.29) is 17.5 Å². The highest BCUT2D eigenvalue weighted by molar-refractivity contribution is 5.89. The van der Waals surface area contributed by atoms with Gasteiger partial charge in [-0.2, -0.15) is 0 Å². The number of benzene rings is 2. The SMILES string of the molecule is CC(C)CCC[C@H](C)[C@H]1CC[C@H]2[C@H]3C(C#Cc4ccccc4)=C[C@H]4C[C@@H](OC(=O)c5ccccc5)CC[C@]4(C)[C@@H]3CC[C@]12C. The molecule has 4 aliphatic rings. The zero-order valence-electron chi connectivity index (χ0n) is 27.9. The van der Waals surface area contributed by atoms with Crippen LogP contribution < -0.4 is 0 Å². The van der Waals surface area contributed by atoms with Crippen molar-refractivity contribution < 1.29 is 9.53 Å². The Morgan fingerprint density at radius 3 is 2.25 bits per heavy atom. The number of fused-ring (bicyclic) bond motifs is 5. The smallest absolute Gasteiger partial charge is 0.338 e. The molecule has 2 nitrogen and oxygen atoms in total. The van der Waals surface area contributed by atoms with E-state index >= 15 is 0 Å². The lowest BCUT2D eigenvalue weighted by Gasteiger charge is -2.60. The normalized spacial score (nSPS) is 34.9. The number of esters is 1. The van der Waals surface area contributed by atoms with E-state index in [0.717, 1.165) is 42.6 Å². The Balaban J connectivity index is 1.29. The number of allylic oxidation sites excluding steroid dienone is 2. The van der Waals surface area contributed by atoms with E-state index in [9.17, 15) is 4.79 Å². The molecule has 6 rings (SSSR count). The second kappa shape index (κ2) is 12.9. The van der Waals surface area contributed by atoms with Crippen molar-refractivity contribution in [3.63, 3.8) is 0 Å². The number of carbonyl (C=O) groups excluding carboxylic acids is 1. The molecule has 0 heterocycles.